The highest BCUT2D eigenvalue weighted by atomic mass is 35.5. The number of rotatable bonds is 4. The number of carbonyl (C=O) groups is 2. The van der Waals surface area contributed by atoms with Gasteiger partial charge in [-0.05, 0) is 25.1 Å². The van der Waals surface area contributed by atoms with E-state index < -0.39 is 11.8 Å². The van der Waals surface area contributed by atoms with Crippen LogP contribution in [0.3, 0.4) is 0 Å². The van der Waals surface area contributed by atoms with Crippen LogP contribution in [0.4, 0.5) is 11.4 Å². The highest BCUT2D eigenvalue weighted by Gasteiger charge is 2.20. The Balaban J connectivity index is 2.73. The van der Waals surface area contributed by atoms with Crippen molar-refractivity contribution < 1.29 is 14.7 Å². The average molecular weight is 286 g/mol. The first-order valence-electron chi connectivity index (χ1n) is 5.75. The van der Waals surface area contributed by atoms with Crippen molar-refractivity contribution in [3.8, 4) is 0 Å². The van der Waals surface area contributed by atoms with Crippen molar-refractivity contribution in [2.75, 3.05) is 30.7 Å². The molecular formula is C12H16ClN3O3. The van der Waals surface area contributed by atoms with Gasteiger partial charge in [-0.25, -0.2) is 0 Å². The molecule has 0 spiro atoms. The number of amides is 2. The van der Waals surface area contributed by atoms with Gasteiger partial charge in [0.25, 0.3) is 0 Å². The molecule has 19 heavy (non-hydrogen) atoms. The number of halogens is 1. The Morgan fingerprint density at radius 2 is 2.16 bits per heavy atom. The lowest BCUT2D eigenvalue weighted by Crippen LogP contribution is -2.41. The smallest absolute Gasteiger partial charge is 0.313 e. The van der Waals surface area contributed by atoms with Gasteiger partial charge in [-0.1, -0.05) is 11.6 Å². The van der Waals surface area contributed by atoms with Gasteiger partial charge in [-0.2, -0.15) is 0 Å². The third kappa shape index (κ3) is 4.11. The van der Waals surface area contributed by atoms with E-state index in [4.69, 9.17) is 22.4 Å². The van der Waals surface area contributed by atoms with Crippen LogP contribution in [0.25, 0.3) is 0 Å². The van der Waals surface area contributed by atoms with Gasteiger partial charge in [0.1, 0.15) is 0 Å². The van der Waals surface area contributed by atoms with Crippen molar-refractivity contribution in [2.45, 2.75) is 6.92 Å². The van der Waals surface area contributed by atoms with Crippen LogP contribution in [0.1, 0.15) is 6.92 Å². The highest BCUT2D eigenvalue weighted by Crippen LogP contribution is 2.22. The van der Waals surface area contributed by atoms with Crippen molar-refractivity contribution in [2.24, 2.45) is 0 Å². The molecule has 1 aromatic rings. The maximum absolute atomic E-state index is 11.8. The third-order valence-electron chi connectivity index (χ3n) is 2.49. The van der Waals surface area contributed by atoms with Crippen LogP contribution in [0.2, 0.25) is 5.02 Å². The summed E-state index contributed by atoms with van der Waals surface area (Å²) in [7, 11) is 0. The van der Waals surface area contributed by atoms with Gasteiger partial charge in [-0.3, -0.25) is 9.59 Å². The summed E-state index contributed by atoms with van der Waals surface area (Å²) in [4.78, 5) is 24.7. The molecule has 0 bridgehead atoms. The summed E-state index contributed by atoms with van der Waals surface area (Å²) in [5, 5.41) is 11.5. The molecule has 104 valence electrons. The third-order valence-corrected chi connectivity index (χ3v) is 2.82. The lowest BCUT2D eigenvalue weighted by Gasteiger charge is -2.18. The van der Waals surface area contributed by atoms with E-state index >= 15 is 0 Å². The maximum atomic E-state index is 11.8. The topological polar surface area (TPSA) is 95.7 Å². The number of aliphatic hydroxyl groups excluding tert-OH is 1. The first-order valence-corrected chi connectivity index (χ1v) is 6.13. The van der Waals surface area contributed by atoms with Crippen molar-refractivity contribution in [3.63, 3.8) is 0 Å². The van der Waals surface area contributed by atoms with E-state index in [1.54, 1.807) is 13.0 Å². The van der Waals surface area contributed by atoms with Crippen LogP contribution >= 0.6 is 11.6 Å². The van der Waals surface area contributed by atoms with Crippen molar-refractivity contribution in [1.82, 2.24) is 4.90 Å². The summed E-state index contributed by atoms with van der Waals surface area (Å²) >= 11 is 5.81. The lowest BCUT2D eigenvalue weighted by atomic mass is 10.3. The number of likely N-dealkylation sites (N-methyl/N-ethyl adjacent to an activating group) is 1. The normalized spacial score (nSPS) is 10.1. The van der Waals surface area contributed by atoms with E-state index in [0.29, 0.717) is 22.9 Å². The van der Waals surface area contributed by atoms with Crippen molar-refractivity contribution >= 4 is 34.8 Å². The highest BCUT2D eigenvalue weighted by molar-refractivity contribution is 6.40. The second kappa shape index (κ2) is 6.96. The minimum atomic E-state index is -0.781. The van der Waals surface area contributed by atoms with Crippen LogP contribution in [0.15, 0.2) is 18.2 Å². The van der Waals surface area contributed by atoms with Crippen LogP contribution in [0, 0.1) is 0 Å². The first-order chi connectivity index (χ1) is 8.99. The molecule has 6 nitrogen and oxygen atoms in total. The van der Waals surface area contributed by atoms with Gasteiger partial charge in [0.05, 0.1) is 17.3 Å². The van der Waals surface area contributed by atoms with Gasteiger partial charge in [0, 0.05) is 18.8 Å². The average Bonchev–Trinajstić information content (AvgIpc) is 2.39. The van der Waals surface area contributed by atoms with E-state index in [2.05, 4.69) is 5.32 Å². The van der Waals surface area contributed by atoms with Gasteiger partial charge in [0.2, 0.25) is 0 Å². The number of benzene rings is 1. The Morgan fingerprint density at radius 1 is 1.47 bits per heavy atom. The number of hydrogen-bond donors (Lipinski definition) is 3. The minimum absolute atomic E-state index is 0.116. The molecule has 0 aromatic heterocycles. The van der Waals surface area contributed by atoms with Gasteiger partial charge in [0.15, 0.2) is 0 Å². The maximum Gasteiger partial charge on any atom is 0.313 e. The predicted octanol–water partition coefficient (Wildman–Crippen LogP) is 0.702. The lowest BCUT2D eigenvalue weighted by molar-refractivity contribution is -0.143. The van der Waals surface area contributed by atoms with Crippen molar-refractivity contribution in [1.29, 1.82) is 0 Å². The van der Waals surface area contributed by atoms with Crippen LogP contribution in [-0.4, -0.2) is 41.5 Å². The molecule has 0 radical (unpaired) electrons. The monoisotopic (exact) mass is 285 g/mol. The van der Waals surface area contributed by atoms with Gasteiger partial charge >= 0.3 is 11.8 Å². The molecule has 1 rings (SSSR count). The fraction of sp³-hybridized carbons (Fsp3) is 0.333. The second-order valence-electron chi connectivity index (χ2n) is 3.80. The largest absolute Gasteiger partial charge is 0.398 e. The Kier molecular flexibility index (Phi) is 5.59. The number of aliphatic hydroxyl groups is 1. The summed E-state index contributed by atoms with van der Waals surface area (Å²) < 4.78 is 0. The molecule has 7 heteroatoms. The summed E-state index contributed by atoms with van der Waals surface area (Å²) in [6.07, 6.45) is 0. The van der Waals surface area contributed by atoms with Crippen LogP contribution in [-0.2, 0) is 9.59 Å². The van der Waals surface area contributed by atoms with E-state index in [9.17, 15) is 9.59 Å². The van der Waals surface area contributed by atoms with Gasteiger partial charge in [-0.15, -0.1) is 0 Å². The fourth-order valence-corrected chi connectivity index (χ4v) is 1.64. The molecule has 2 amide bonds. The number of nitrogens with zero attached hydrogens (tertiary/aromatic N) is 1. The quantitative estimate of drug-likeness (QED) is 0.560. The molecule has 1 aromatic carbocycles. The minimum Gasteiger partial charge on any atom is -0.398 e. The number of hydrogen-bond acceptors (Lipinski definition) is 4. The Bertz CT molecular complexity index is 479. The SMILES string of the molecule is CCN(CCO)C(=O)C(=O)Nc1ccc(N)c(Cl)c1. The number of anilines is 2. The molecule has 0 heterocycles. The summed E-state index contributed by atoms with van der Waals surface area (Å²) in [6.45, 7) is 1.99. The molecule has 0 aliphatic carbocycles. The molecule has 0 atom stereocenters. The Morgan fingerprint density at radius 3 is 2.68 bits per heavy atom. The molecule has 0 saturated heterocycles. The number of nitrogens with one attached hydrogen (secondary N) is 1. The van der Waals surface area contributed by atoms with Gasteiger partial charge < -0.3 is 21.1 Å². The van der Waals surface area contributed by atoms with E-state index in [-0.39, 0.29) is 13.2 Å². The predicted molar refractivity (Wildman–Crippen MR) is 73.8 cm³/mol. The van der Waals surface area contributed by atoms with Crippen molar-refractivity contribution in [3.05, 3.63) is 23.2 Å². The number of nitrogens with two attached hydrogens (primary N) is 1. The molecule has 0 aliphatic rings. The summed E-state index contributed by atoms with van der Waals surface area (Å²) in [6, 6.07) is 4.55. The summed E-state index contributed by atoms with van der Waals surface area (Å²) in [5.41, 5.74) is 6.32. The zero-order valence-corrected chi connectivity index (χ0v) is 11.3. The van der Waals surface area contributed by atoms with Crippen LogP contribution in [0.5, 0.6) is 0 Å². The molecule has 4 N–H and O–H groups in total. The molecule has 0 unspecified atom stereocenters. The van der Waals surface area contributed by atoms with E-state index in [1.165, 1.54) is 17.0 Å². The molecule has 0 saturated carbocycles. The Labute approximate surface area is 116 Å². The standard InChI is InChI=1S/C12H16ClN3O3/c1-2-16(5-6-17)12(19)11(18)15-8-3-4-10(14)9(13)7-8/h3-4,7,17H,2,5-6,14H2,1H3,(H,15,18). The zero-order valence-electron chi connectivity index (χ0n) is 10.5. The first kappa shape index (κ1) is 15.3. The molecule has 0 aliphatic heterocycles. The zero-order chi connectivity index (χ0) is 14.4. The van der Waals surface area contributed by atoms with E-state index in [1.807, 2.05) is 0 Å². The number of carbonyl (C=O) groups excluding carboxylic acids is 2. The summed E-state index contributed by atoms with van der Waals surface area (Å²) in [5.74, 6) is -1.49. The second-order valence-corrected chi connectivity index (χ2v) is 4.21. The molecular weight excluding hydrogens is 270 g/mol. The molecule has 0 fully saturated rings. The fourth-order valence-electron chi connectivity index (χ4n) is 1.46. The number of nitrogen functional groups attached to an aromatic ring is 1. The van der Waals surface area contributed by atoms with E-state index in [0.717, 1.165) is 0 Å². The van der Waals surface area contributed by atoms with Crippen LogP contribution < -0.4 is 11.1 Å². The Hall–Kier alpha value is -1.79.